The molecule has 4 rings (SSSR count). The van der Waals surface area contributed by atoms with Crippen molar-refractivity contribution in [2.75, 3.05) is 4.90 Å². The van der Waals surface area contributed by atoms with E-state index in [0.717, 1.165) is 27.3 Å². The Morgan fingerprint density at radius 1 is 1.06 bits per heavy atom. The first-order valence-corrected chi connectivity index (χ1v) is 10.6. The van der Waals surface area contributed by atoms with Crippen molar-refractivity contribution >= 4 is 38.3 Å². The first-order valence-electron chi connectivity index (χ1n) is 9.82. The number of alkyl halides is 3. The number of halogens is 3. The van der Waals surface area contributed by atoms with Crippen LogP contribution in [0.1, 0.15) is 18.1 Å². The van der Waals surface area contributed by atoms with Gasteiger partial charge in [0, 0.05) is 6.20 Å². The number of anilines is 2. The minimum absolute atomic E-state index is 0.375. The summed E-state index contributed by atoms with van der Waals surface area (Å²) in [5, 5.41) is 0.375. The number of amides is 1. The predicted octanol–water partition coefficient (Wildman–Crippen LogP) is 5.40. The van der Waals surface area contributed by atoms with Crippen molar-refractivity contribution in [3.8, 4) is 0 Å². The van der Waals surface area contributed by atoms with Gasteiger partial charge in [0.1, 0.15) is 12.1 Å². The molecule has 1 amide bonds. The van der Waals surface area contributed by atoms with E-state index in [1.807, 2.05) is 43.3 Å². The van der Waals surface area contributed by atoms with Gasteiger partial charge in [0.05, 0.1) is 15.9 Å². The van der Waals surface area contributed by atoms with Gasteiger partial charge >= 0.3 is 6.18 Å². The second-order valence-corrected chi connectivity index (χ2v) is 8.08. The summed E-state index contributed by atoms with van der Waals surface area (Å²) < 4.78 is 41.0. The molecule has 0 aliphatic heterocycles. The van der Waals surface area contributed by atoms with Crippen LogP contribution in [0.2, 0.25) is 0 Å². The number of thiazole rings is 1. The third-order valence-electron chi connectivity index (χ3n) is 4.96. The maximum Gasteiger partial charge on any atom is 0.421 e. The van der Waals surface area contributed by atoms with Gasteiger partial charge in [0.15, 0.2) is 5.13 Å². The van der Waals surface area contributed by atoms with E-state index in [0.29, 0.717) is 22.4 Å². The Morgan fingerprint density at radius 2 is 1.78 bits per heavy atom. The van der Waals surface area contributed by atoms with Crippen LogP contribution >= 0.6 is 11.3 Å². The van der Waals surface area contributed by atoms with Gasteiger partial charge in [0.2, 0.25) is 0 Å². The Kier molecular flexibility index (Phi) is 5.84. The molecule has 0 aliphatic rings. The van der Waals surface area contributed by atoms with Gasteiger partial charge in [-0.05, 0) is 48.4 Å². The maximum atomic E-state index is 13.3. The zero-order chi connectivity index (χ0) is 22.9. The van der Waals surface area contributed by atoms with E-state index < -0.39 is 29.8 Å². The first kappa shape index (κ1) is 21.8. The average molecular weight is 457 g/mol. The van der Waals surface area contributed by atoms with E-state index in [9.17, 15) is 22.8 Å². The monoisotopic (exact) mass is 457 g/mol. The van der Waals surface area contributed by atoms with E-state index in [1.54, 1.807) is 12.1 Å². The molecular weight excluding hydrogens is 439 g/mol. The van der Waals surface area contributed by atoms with Crippen LogP contribution in [0.5, 0.6) is 0 Å². The zero-order valence-corrected chi connectivity index (χ0v) is 17.8. The molecule has 0 spiro atoms. The summed E-state index contributed by atoms with van der Waals surface area (Å²) in [6.07, 6.45) is -2.81. The van der Waals surface area contributed by atoms with Gasteiger partial charge in [-0.3, -0.25) is 14.5 Å². The lowest BCUT2D eigenvalue weighted by atomic mass is 10.1. The molecule has 0 saturated heterocycles. The average Bonchev–Trinajstić information content (AvgIpc) is 3.18. The summed E-state index contributed by atoms with van der Waals surface area (Å²) in [4.78, 5) is 31.5. The van der Waals surface area contributed by atoms with Crippen molar-refractivity contribution in [2.24, 2.45) is 0 Å². The fourth-order valence-electron chi connectivity index (χ4n) is 3.29. The fraction of sp³-hybridized carbons (Fsp3) is 0.174. The van der Waals surface area contributed by atoms with Crippen molar-refractivity contribution in [1.29, 1.82) is 0 Å². The first-order chi connectivity index (χ1) is 15.3. The molecule has 164 valence electrons. The summed E-state index contributed by atoms with van der Waals surface area (Å²) in [6.45, 7) is 1.44. The van der Waals surface area contributed by atoms with Crippen LogP contribution in [0.15, 0.2) is 71.7 Å². The lowest BCUT2D eigenvalue weighted by molar-refractivity contribution is -0.139. The van der Waals surface area contributed by atoms with Gasteiger partial charge in [0.25, 0.3) is 11.5 Å². The highest BCUT2D eigenvalue weighted by molar-refractivity contribution is 7.22. The van der Waals surface area contributed by atoms with Crippen LogP contribution in [-0.2, 0) is 23.9 Å². The van der Waals surface area contributed by atoms with Gasteiger partial charge in [-0.15, -0.1) is 0 Å². The lowest BCUT2D eigenvalue weighted by Crippen LogP contribution is -2.35. The van der Waals surface area contributed by atoms with Gasteiger partial charge in [-0.25, -0.2) is 4.98 Å². The van der Waals surface area contributed by atoms with Gasteiger partial charge in [-0.2, -0.15) is 13.2 Å². The van der Waals surface area contributed by atoms with Crippen molar-refractivity contribution in [3.63, 3.8) is 0 Å². The minimum Gasteiger partial charge on any atom is -0.306 e. The summed E-state index contributed by atoms with van der Waals surface area (Å²) >= 11 is 1.29. The van der Waals surface area contributed by atoms with Crippen LogP contribution in [0.25, 0.3) is 10.2 Å². The molecule has 0 radical (unpaired) electrons. The largest absolute Gasteiger partial charge is 0.421 e. The number of aryl methyl sites for hydroxylation is 1. The molecule has 0 saturated carbocycles. The summed E-state index contributed by atoms with van der Waals surface area (Å²) in [7, 11) is 0. The number of carbonyl (C=O) groups is 1. The summed E-state index contributed by atoms with van der Waals surface area (Å²) in [5.41, 5.74) is -0.289. The number of aromatic nitrogens is 2. The molecule has 0 aliphatic carbocycles. The Balaban J connectivity index is 1.76. The van der Waals surface area contributed by atoms with Crippen molar-refractivity contribution < 1.29 is 18.0 Å². The number of pyridine rings is 1. The van der Waals surface area contributed by atoms with Crippen LogP contribution in [0, 0.1) is 0 Å². The highest BCUT2D eigenvalue weighted by Crippen LogP contribution is 2.34. The minimum atomic E-state index is -4.80. The Labute approximate surface area is 185 Å². The van der Waals surface area contributed by atoms with E-state index in [4.69, 9.17) is 0 Å². The highest BCUT2D eigenvalue weighted by Gasteiger charge is 2.34. The number of para-hydroxylation sites is 1. The fourth-order valence-corrected chi connectivity index (χ4v) is 4.30. The number of benzene rings is 2. The van der Waals surface area contributed by atoms with Gasteiger partial charge in [-0.1, -0.05) is 42.5 Å². The quantitative estimate of drug-likeness (QED) is 0.403. The van der Waals surface area contributed by atoms with Crippen molar-refractivity contribution in [2.45, 2.75) is 26.1 Å². The molecule has 0 fully saturated rings. The molecule has 4 aromatic rings. The van der Waals surface area contributed by atoms with Crippen LogP contribution < -0.4 is 10.5 Å². The molecule has 0 atom stereocenters. The smallest absolute Gasteiger partial charge is 0.306 e. The molecule has 0 bridgehead atoms. The van der Waals surface area contributed by atoms with Gasteiger partial charge < -0.3 is 4.57 Å². The molecular formula is C23H18F3N3O2S. The highest BCUT2D eigenvalue weighted by atomic mass is 32.1. The predicted molar refractivity (Wildman–Crippen MR) is 118 cm³/mol. The standard InChI is InChI=1S/C23H18F3N3O2S/c1-2-15-9-11-16(12-10-15)29(22-27-18-7-3-4-8-19(18)32-22)20(30)14-28-13-5-6-17(21(28)31)23(24,25)26/h3-13H,2,14H2,1H3. The number of nitrogens with zero attached hydrogens (tertiary/aromatic N) is 3. The molecule has 0 N–H and O–H groups in total. The third kappa shape index (κ3) is 4.29. The molecule has 2 aromatic carbocycles. The normalized spacial score (nSPS) is 11.6. The van der Waals surface area contributed by atoms with Crippen LogP contribution in [0.4, 0.5) is 24.0 Å². The lowest BCUT2D eigenvalue weighted by Gasteiger charge is -2.21. The Hall–Kier alpha value is -3.46. The SMILES string of the molecule is CCc1ccc(N(C(=O)Cn2cccc(C(F)(F)F)c2=O)c2nc3ccccc3s2)cc1. The molecule has 5 nitrogen and oxygen atoms in total. The second kappa shape index (κ2) is 8.58. The number of fused-ring (bicyclic) bond motifs is 1. The maximum absolute atomic E-state index is 13.3. The Bertz CT molecular complexity index is 1290. The Morgan fingerprint density at radius 3 is 2.44 bits per heavy atom. The molecule has 0 unspecified atom stereocenters. The number of hydrogen-bond acceptors (Lipinski definition) is 4. The molecule has 9 heteroatoms. The van der Waals surface area contributed by atoms with E-state index in [-0.39, 0.29) is 0 Å². The summed E-state index contributed by atoms with van der Waals surface area (Å²) in [5.74, 6) is -0.574. The second-order valence-electron chi connectivity index (χ2n) is 7.07. The van der Waals surface area contributed by atoms with E-state index in [1.165, 1.54) is 22.4 Å². The number of hydrogen-bond donors (Lipinski definition) is 0. The van der Waals surface area contributed by atoms with Crippen molar-refractivity contribution in [3.05, 3.63) is 88.3 Å². The molecule has 32 heavy (non-hydrogen) atoms. The third-order valence-corrected chi connectivity index (χ3v) is 5.98. The number of carbonyl (C=O) groups excluding carboxylic acids is 1. The van der Waals surface area contributed by atoms with Crippen molar-refractivity contribution in [1.82, 2.24) is 9.55 Å². The number of rotatable bonds is 5. The topological polar surface area (TPSA) is 55.2 Å². The zero-order valence-electron chi connectivity index (χ0n) is 17.0. The molecule has 2 heterocycles. The van der Waals surface area contributed by atoms with E-state index >= 15 is 0 Å². The van der Waals surface area contributed by atoms with Crippen LogP contribution in [0.3, 0.4) is 0 Å². The van der Waals surface area contributed by atoms with Crippen LogP contribution in [-0.4, -0.2) is 15.5 Å². The van der Waals surface area contributed by atoms with E-state index in [2.05, 4.69) is 4.98 Å². The molecule has 2 aromatic heterocycles. The summed E-state index contributed by atoms with van der Waals surface area (Å²) in [6, 6.07) is 16.5.